The molecule has 0 amide bonds. The summed E-state index contributed by atoms with van der Waals surface area (Å²) >= 11 is 3.60. The maximum absolute atomic E-state index is 12.5. The van der Waals surface area contributed by atoms with Crippen LogP contribution in [-0.2, 0) is 16.8 Å². The third-order valence-corrected chi connectivity index (χ3v) is 6.65. The van der Waals surface area contributed by atoms with Crippen LogP contribution in [0.5, 0.6) is 0 Å². The number of carbonyl (C=O) groups excluding carboxylic acids is 1. The van der Waals surface area contributed by atoms with E-state index in [1.807, 2.05) is 40.9 Å². The van der Waals surface area contributed by atoms with E-state index in [2.05, 4.69) is 28.1 Å². The van der Waals surface area contributed by atoms with Gasteiger partial charge in [0.2, 0.25) is 0 Å². The number of ketones is 1. The molecule has 0 radical (unpaired) electrons. The number of benzene rings is 1. The highest BCUT2D eigenvalue weighted by Gasteiger charge is 2.28. The van der Waals surface area contributed by atoms with Crippen molar-refractivity contribution >= 4 is 27.2 Å². The van der Waals surface area contributed by atoms with Gasteiger partial charge in [-0.1, -0.05) is 42.8 Å². The third-order valence-electron chi connectivity index (χ3n) is 6.05. The average Bonchev–Trinajstić information content (AvgIpc) is 3.01. The average molecular weight is 455 g/mol. The first kappa shape index (κ1) is 20.3. The van der Waals surface area contributed by atoms with Gasteiger partial charge in [0.05, 0.1) is 16.8 Å². The second-order valence-electron chi connectivity index (χ2n) is 8.34. The molecule has 1 aliphatic rings. The van der Waals surface area contributed by atoms with Crippen molar-refractivity contribution in [3.8, 4) is 0 Å². The molecule has 0 bridgehead atoms. The molecule has 29 heavy (non-hydrogen) atoms. The molecule has 0 spiro atoms. The fourth-order valence-electron chi connectivity index (χ4n) is 4.25. The predicted octanol–water partition coefficient (Wildman–Crippen LogP) is 5.55. The van der Waals surface area contributed by atoms with Crippen LogP contribution in [0.15, 0.2) is 53.1 Å². The van der Waals surface area contributed by atoms with E-state index in [1.54, 1.807) is 6.92 Å². The maximum atomic E-state index is 12.5. The minimum Gasteiger partial charge on any atom is -0.385 e. The van der Waals surface area contributed by atoms with Crippen LogP contribution >= 0.6 is 15.9 Å². The van der Waals surface area contributed by atoms with Gasteiger partial charge in [-0.2, -0.15) is 5.10 Å². The van der Waals surface area contributed by atoms with Crippen molar-refractivity contribution in [3.05, 3.63) is 70.0 Å². The van der Waals surface area contributed by atoms with E-state index in [1.165, 1.54) is 30.3 Å². The van der Waals surface area contributed by atoms with Gasteiger partial charge in [-0.25, -0.2) is 4.52 Å². The fourth-order valence-corrected chi connectivity index (χ4v) is 4.68. The van der Waals surface area contributed by atoms with Crippen LogP contribution < -0.4 is 0 Å². The second kappa shape index (κ2) is 8.41. The second-order valence-corrected chi connectivity index (χ2v) is 9.16. The summed E-state index contributed by atoms with van der Waals surface area (Å²) in [4.78, 5) is 12.5. The number of hydrogen-bond donors (Lipinski definition) is 1. The maximum Gasteiger partial charge on any atom is 0.136 e. The molecule has 1 aliphatic carbocycles. The number of aryl methyl sites for hydroxylation is 1. The summed E-state index contributed by atoms with van der Waals surface area (Å²) in [5, 5.41) is 15.6. The third kappa shape index (κ3) is 4.31. The van der Waals surface area contributed by atoms with E-state index in [9.17, 15) is 9.90 Å². The summed E-state index contributed by atoms with van der Waals surface area (Å²) in [7, 11) is 0. The lowest BCUT2D eigenvalue weighted by atomic mass is 9.79. The van der Waals surface area contributed by atoms with Gasteiger partial charge < -0.3 is 5.11 Å². The number of aliphatic hydroxyl groups is 1. The van der Waals surface area contributed by atoms with Crippen molar-refractivity contribution < 1.29 is 9.90 Å². The van der Waals surface area contributed by atoms with Gasteiger partial charge in [-0.15, -0.1) is 0 Å². The Bertz CT molecular complexity index is 1010. The molecule has 5 heteroatoms. The molecule has 0 saturated heterocycles. The number of fused-ring (bicyclic) bond motifs is 1. The lowest BCUT2D eigenvalue weighted by molar-refractivity contribution is -0.123. The van der Waals surface area contributed by atoms with E-state index in [0.29, 0.717) is 12.3 Å². The van der Waals surface area contributed by atoms with Gasteiger partial charge in [0, 0.05) is 18.4 Å². The summed E-state index contributed by atoms with van der Waals surface area (Å²) in [5.74, 6) is 0.681. The Kier molecular flexibility index (Phi) is 5.88. The summed E-state index contributed by atoms with van der Waals surface area (Å²) in [6.07, 6.45) is 5.87. The molecule has 3 aromatic rings. The highest BCUT2D eigenvalue weighted by Crippen LogP contribution is 2.41. The van der Waals surface area contributed by atoms with Crippen LogP contribution in [-0.4, -0.2) is 20.5 Å². The summed E-state index contributed by atoms with van der Waals surface area (Å²) in [6, 6.07) is 15.6. The van der Waals surface area contributed by atoms with E-state index in [4.69, 9.17) is 5.10 Å². The van der Waals surface area contributed by atoms with Gasteiger partial charge in [-0.05, 0) is 72.2 Å². The zero-order valence-corrected chi connectivity index (χ0v) is 18.4. The lowest BCUT2D eigenvalue weighted by Gasteiger charge is -2.26. The molecule has 152 valence electrons. The lowest BCUT2D eigenvalue weighted by Crippen LogP contribution is -2.25. The van der Waals surface area contributed by atoms with Crippen molar-refractivity contribution in [1.82, 2.24) is 9.61 Å². The fraction of sp³-hybridized carbons (Fsp3) is 0.417. The quantitative estimate of drug-likeness (QED) is 0.453. The van der Waals surface area contributed by atoms with Gasteiger partial charge in [-0.3, -0.25) is 4.79 Å². The Morgan fingerprint density at radius 3 is 2.66 bits per heavy atom. The minimum absolute atomic E-state index is 0.0917. The Hall–Kier alpha value is -1.98. The Labute approximate surface area is 180 Å². The minimum atomic E-state index is -1.12. The normalized spacial score (nSPS) is 16.5. The molecule has 1 aromatic carbocycles. The first-order valence-electron chi connectivity index (χ1n) is 10.4. The zero-order valence-electron chi connectivity index (χ0n) is 16.8. The van der Waals surface area contributed by atoms with E-state index < -0.39 is 5.60 Å². The van der Waals surface area contributed by atoms with Crippen LogP contribution in [0.2, 0.25) is 0 Å². The van der Waals surface area contributed by atoms with Crippen molar-refractivity contribution in [2.24, 2.45) is 0 Å². The molecular formula is C24H27BrN2O2. The summed E-state index contributed by atoms with van der Waals surface area (Å²) < 4.78 is 2.93. The number of Topliss-reactive ketones (excluding diaryl/α,β-unsaturated/α-hetero) is 1. The first-order valence-corrected chi connectivity index (χ1v) is 11.2. The van der Waals surface area contributed by atoms with Gasteiger partial charge in [0.1, 0.15) is 10.4 Å². The molecule has 2 aromatic heterocycles. The Balaban J connectivity index is 1.42. The summed E-state index contributed by atoms with van der Waals surface area (Å²) in [5.41, 5.74) is 3.32. The standard InChI is InChI=1S/C24H27BrN2O2/c1-24(29,18-10-3-2-4-11-18)16-19(28)12-6-13-20-23(17-8-5-9-17)21-14-7-15-22(25)27(21)26-20/h2-4,7,10-11,14-15,17,29H,5-6,8-9,12-13,16H2,1H3/t24-/m0/s1. The van der Waals surface area contributed by atoms with E-state index in [-0.39, 0.29) is 12.2 Å². The molecule has 2 heterocycles. The number of aromatic nitrogens is 2. The molecule has 4 nitrogen and oxygen atoms in total. The zero-order chi connectivity index (χ0) is 20.4. The predicted molar refractivity (Wildman–Crippen MR) is 118 cm³/mol. The van der Waals surface area contributed by atoms with Crippen molar-refractivity contribution in [2.75, 3.05) is 0 Å². The van der Waals surface area contributed by atoms with Gasteiger partial charge in [0.15, 0.2) is 0 Å². The van der Waals surface area contributed by atoms with Crippen LogP contribution in [0, 0.1) is 0 Å². The molecule has 1 saturated carbocycles. The number of halogens is 1. The summed E-state index contributed by atoms with van der Waals surface area (Å²) in [6.45, 7) is 1.72. The molecule has 1 fully saturated rings. The highest BCUT2D eigenvalue weighted by molar-refractivity contribution is 9.10. The Morgan fingerprint density at radius 2 is 1.97 bits per heavy atom. The number of rotatable bonds is 8. The topological polar surface area (TPSA) is 54.6 Å². The smallest absolute Gasteiger partial charge is 0.136 e. The SMILES string of the molecule is C[C@](O)(CC(=O)CCCc1nn2c(Br)cccc2c1C1CCC1)c1ccccc1. The van der Waals surface area contributed by atoms with E-state index in [0.717, 1.165) is 28.7 Å². The highest BCUT2D eigenvalue weighted by atomic mass is 79.9. The Morgan fingerprint density at radius 1 is 1.21 bits per heavy atom. The van der Waals surface area contributed by atoms with E-state index >= 15 is 0 Å². The van der Waals surface area contributed by atoms with Crippen LogP contribution in [0.1, 0.15) is 68.2 Å². The number of nitrogens with zero attached hydrogens (tertiary/aromatic N) is 2. The van der Waals surface area contributed by atoms with Gasteiger partial charge in [0.25, 0.3) is 0 Å². The van der Waals surface area contributed by atoms with Crippen molar-refractivity contribution in [2.45, 2.75) is 63.4 Å². The van der Waals surface area contributed by atoms with Crippen molar-refractivity contribution in [3.63, 3.8) is 0 Å². The molecule has 4 rings (SSSR count). The molecule has 0 unspecified atom stereocenters. The monoisotopic (exact) mass is 454 g/mol. The van der Waals surface area contributed by atoms with Gasteiger partial charge >= 0.3 is 0 Å². The number of pyridine rings is 1. The number of hydrogen-bond acceptors (Lipinski definition) is 3. The molecule has 0 aliphatic heterocycles. The largest absolute Gasteiger partial charge is 0.385 e. The molecule has 1 atom stereocenters. The van der Waals surface area contributed by atoms with Crippen molar-refractivity contribution in [1.29, 1.82) is 0 Å². The molecule has 1 N–H and O–H groups in total. The van der Waals surface area contributed by atoms with Crippen LogP contribution in [0.3, 0.4) is 0 Å². The van der Waals surface area contributed by atoms with Crippen LogP contribution in [0.4, 0.5) is 0 Å². The first-order chi connectivity index (χ1) is 14.0. The van der Waals surface area contributed by atoms with Crippen LogP contribution in [0.25, 0.3) is 5.52 Å². The number of carbonyl (C=O) groups is 1. The molecular weight excluding hydrogens is 428 g/mol.